The first kappa shape index (κ1) is 26.6. The Bertz CT molecular complexity index is 1210. The lowest BCUT2D eigenvalue weighted by Gasteiger charge is -2.26. The van der Waals surface area contributed by atoms with E-state index < -0.39 is 0 Å². The molecule has 0 spiro atoms. The molecule has 0 saturated carbocycles. The van der Waals surface area contributed by atoms with Crippen molar-refractivity contribution in [2.45, 2.75) is 13.8 Å². The van der Waals surface area contributed by atoms with Crippen molar-refractivity contribution in [1.29, 1.82) is 0 Å². The minimum absolute atomic E-state index is 0.112. The van der Waals surface area contributed by atoms with E-state index in [2.05, 4.69) is 0 Å². The lowest BCUT2D eigenvalue weighted by atomic mass is 10.1. The van der Waals surface area contributed by atoms with Gasteiger partial charge < -0.3 is 23.8 Å². The third-order valence-electron chi connectivity index (χ3n) is 5.99. The molecule has 2 aliphatic rings. The molecule has 9 nitrogen and oxygen atoms in total. The van der Waals surface area contributed by atoms with Gasteiger partial charge in [0.15, 0.2) is 18.1 Å². The Labute approximate surface area is 220 Å². The van der Waals surface area contributed by atoms with Crippen molar-refractivity contribution >= 4 is 34.9 Å². The first-order valence-electron chi connectivity index (χ1n) is 12.0. The van der Waals surface area contributed by atoms with Crippen LogP contribution < -0.4 is 14.2 Å². The maximum atomic E-state index is 12.9. The number of benzene rings is 2. The maximum Gasteiger partial charge on any atom is 0.293 e. The van der Waals surface area contributed by atoms with E-state index in [1.54, 1.807) is 29.2 Å². The number of thioether (sulfide) groups is 1. The van der Waals surface area contributed by atoms with E-state index in [0.29, 0.717) is 48.3 Å². The van der Waals surface area contributed by atoms with Crippen LogP contribution in [0.3, 0.4) is 0 Å². The lowest BCUT2D eigenvalue weighted by molar-refractivity contribution is -0.137. The molecule has 0 bridgehead atoms. The fourth-order valence-corrected chi connectivity index (χ4v) is 4.76. The van der Waals surface area contributed by atoms with E-state index in [4.69, 9.17) is 18.9 Å². The second kappa shape index (κ2) is 12.2. The summed E-state index contributed by atoms with van der Waals surface area (Å²) < 4.78 is 22.2. The second-order valence-corrected chi connectivity index (χ2v) is 9.64. The molecule has 3 amide bonds. The molecular weight excluding hydrogens is 496 g/mol. The molecule has 2 fully saturated rings. The zero-order chi connectivity index (χ0) is 26.4. The Morgan fingerprint density at radius 2 is 1.81 bits per heavy atom. The molecule has 0 radical (unpaired) electrons. The number of morpholine rings is 1. The van der Waals surface area contributed by atoms with Crippen LogP contribution in [0.5, 0.6) is 17.2 Å². The van der Waals surface area contributed by atoms with Gasteiger partial charge in [0.1, 0.15) is 12.4 Å². The average Bonchev–Trinajstić information content (AvgIpc) is 3.17. The minimum Gasteiger partial charge on any atom is -0.493 e. The second-order valence-electron chi connectivity index (χ2n) is 8.64. The number of aryl methyl sites for hydroxylation is 2. The van der Waals surface area contributed by atoms with Gasteiger partial charge in [0, 0.05) is 13.1 Å². The number of carbonyl (C=O) groups excluding carboxylic acids is 3. The van der Waals surface area contributed by atoms with Crippen molar-refractivity contribution in [3.8, 4) is 17.2 Å². The van der Waals surface area contributed by atoms with E-state index in [1.165, 1.54) is 12.0 Å². The van der Waals surface area contributed by atoms with Gasteiger partial charge in [-0.15, -0.1) is 0 Å². The maximum absolute atomic E-state index is 12.9. The van der Waals surface area contributed by atoms with Crippen molar-refractivity contribution < 1.29 is 33.3 Å². The molecule has 4 rings (SSSR count). The van der Waals surface area contributed by atoms with Crippen molar-refractivity contribution in [2.24, 2.45) is 0 Å². The number of imide groups is 1. The summed E-state index contributed by atoms with van der Waals surface area (Å²) >= 11 is 0.887. The topological polar surface area (TPSA) is 94.6 Å². The lowest BCUT2D eigenvalue weighted by Crippen LogP contribution is -2.43. The largest absolute Gasteiger partial charge is 0.493 e. The van der Waals surface area contributed by atoms with Crippen LogP contribution in [0.25, 0.3) is 6.08 Å². The van der Waals surface area contributed by atoms with Gasteiger partial charge in [0.05, 0.1) is 31.8 Å². The van der Waals surface area contributed by atoms with Crippen LogP contribution >= 0.6 is 11.8 Å². The Hall–Kier alpha value is -3.50. The Morgan fingerprint density at radius 3 is 2.57 bits per heavy atom. The highest BCUT2D eigenvalue weighted by atomic mass is 32.2. The van der Waals surface area contributed by atoms with Gasteiger partial charge in [-0.25, -0.2) is 0 Å². The van der Waals surface area contributed by atoms with Crippen LogP contribution in [-0.4, -0.2) is 80.0 Å². The molecule has 0 atom stereocenters. The summed E-state index contributed by atoms with van der Waals surface area (Å²) in [4.78, 5) is 40.9. The number of rotatable bonds is 9. The number of carbonyl (C=O) groups is 3. The van der Waals surface area contributed by atoms with Crippen molar-refractivity contribution in [3.05, 3.63) is 58.0 Å². The fraction of sp³-hybridized carbons (Fsp3) is 0.370. The van der Waals surface area contributed by atoms with E-state index in [9.17, 15) is 14.4 Å². The molecule has 37 heavy (non-hydrogen) atoms. The van der Waals surface area contributed by atoms with Crippen LogP contribution in [0.15, 0.2) is 41.3 Å². The van der Waals surface area contributed by atoms with Crippen LogP contribution in [0.1, 0.15) is 16.7 Å². The van der Waals surface area contributed by atoms with E-state index >= 15 is 0 Å². The molecule has 196 valence electrons. The average molecular weight is 527 g/mol. The predicted molar refractivity (Wildman–Crippen MR) is 140 cm³/mol. The molecule has 0 aliphatic carbocycles. The van der Waals surface area contributed by atoms with Gasteiger partial charge >= 0.3 is 0 Å². The molecule has 2 aliphatic heterocycles. The molecular formula is C27H30N2O7S. The van der Waals surface area contributed by atoms with Crippen LogP contribution in [-0.2, 0) is 14.3 Å². The highest BCUT2D eigenvalue weighted by Crippen LogP contribution is 2.34. The van der Waals surface area contributed by atoms with E-state index in [1.807, 2.05) is 32.0 Å². The SMILES string of the molecule is COc1cc(/C=C2\SC(=O)N(CCOc3cc(C)ccc3C)C2=O)ccc1OCC(=O)N1CCOCC1. The number of hydrogen-bond donors (Lipinski definition) is 0. The standard InChI is InChI=1S/C27H30N2O7S/c1-18-4-5-19(2)22(14-18)35-13-10-29-26(31)24(37-27(29)32)16-20-6-7-21(23(15-20)33-3)36-17-25(30)28-8-11-34-12-9-28/h4-7,14-16H,8-13,17H2,1-3H3/b24-16-. The van der Waals surface area contributed by atoms with Crippen LogP contribution in [0.4, 0.5) is 4.79 Å². The van der Waals surface area contributed by atoms with Gasteiger partial charge in [-0.3, -0.25) is 19.3 Å². The fourth-order valence-electron chi connectivity index (χ4n) is 3.89. The van der Waals surface area contributed by atoms with Gasteiger partial charge in [-0.05, 0) is 66.6 Å². The first-order valence-corrected chi connectivity index (χ1v) is 12.8. The molecule has 2 aromatic carbocycles. The molecule has 2 heterocycles. The number of methoxy groups -OCH3 is 1. The van der Waals surface area contributed by atoms with Gasteiger partial charge in [-0.2, -0.15) is 0 Å². The summed E-state index contributed by atoms with van der Waals surface area (Å²) in [5.41, 5.74) is 2.73. The normalized spacial score (nSPS) is 16.9. The minimum atomic E-state index is -0.366. The molecule has 0 N–H and O–H groups in total. The smallest absolute Gasteiger partial charge is 0.293 e. The molecule has 2 saturated heterocycles. The summed E-state index contributed by atoms with van der Waals surface area (Å²) in [6.07, 6.45) is 1.64. The first-order chi connectivity index (χ1) is 17.9. The quantitative estimate of drug-likeness (QED) is 0.457. The third-order valence-corrected chi connectivity index (χ3v) is 6.90. The summed E-state index contributed by atoms with van der Waals surface area (Å²) in [7, 11) is 1.50. The molecule has 0 aromatic heterocycles. The summed E-state index contributed by atoms with van der Waals surface area (Å²) in [5.74, 6) is 1.09. The molecule has 2 aromatic rings. The van der Waals surface area contributed by atoms with Crippen LogP contribution in [0, 0.1) is 13.8 Å². The summed E-state index contributed by atoms with van der Waals surface area (Å²) in [6, 6.07) is 11.0. The zero-order valence-corrected chi connectivity index (χ0v) is 22.0. The van der Waals surface area contributed by atoms with E-state index in [-0.39, 0.29) is 36.8 Å². The van der Waals surface area contributed by atoms with Crippen LogP contribution in [0.2, 0.25) is 0 Å². The number of ether oxygens (including phenoxy) is 4. The Kier molecular flexibility index (Phi) is 8.73. The Balaban J connectivity index is 1.36. The van der Waals surface area contributed by atoms with Gasteiger partial charge in [0.2, 0.25) is 0 Å². The van der Waals surface area contributed by atoms with Crippen molar-refractivity contribution in [2.75, 3.05) is 53.2 Å². The highest BCUT2D eigenvalue weighted by molar-refractivity contribution is 8.18. The van der Waals surface area contributed by atoms with E-state index in [0.717, 1.165) is 28.6 Å². The highest BCUT2D eigenvalue weighted by Gasteiger charge is 2.35. The number of hydrogen-bond acceptors (Lipinski definition) is 8. The third kappa shape index (κ3) is 6.64. The number of amides is 3. The number of nitrogens with zero attached hydrogens (tertiary/aromatic N) is 2. The van der Waals surface area contributed by atoms with Crippen molar-refractivity contribution in [3.63, 3.8) is 0 Å². The molecule has 10 heteroatoms. The Morgan fingerprint density at radius 1 is 1.03 bits per heavy atom. The van der Waals surface area contributed by atoms with Crippen molar-refractivity contribution in [1.82, 2.24) is 9.80 Å². The molecule has 0 unspecified atom stereocenters. The van der Waals surface area contributed by atoms with Gasteiger partial charge in [-0.1, -0.05) is 18.2 Å². The van der Waals surface area contributed by atoms with Gasteiger partial charge in [0.25, 0.3) is 17.1 Å². The monoisotopic (exact) mass is 526 g/mol. The summed E-state index contributed by atoms with van der Waals surface area (Å²) in [6.45, 7) is 6.31. The zero-order valence-electron chi connectivity index (χ0n) is 21.2. The predicted octanol–water partition coefficient (Wildman–Crippen LogP) is 3.66. The summed E-state index contributed by atoms with van der Waals surface area (Å²) in [5, 5.41) is -0.339.